The third kappa shape index (κ3) is 12.5. The molecule has 2 aliphatic rings. The van der Waals surface area contributed by atoms with E-state index < -0.39 is 68.5 Å². The molecule has 59 heavy (non-hydrogen) atoms. The van der Waals surface area contributed by atoms with Crippen LogP contribution in [0.3, 0.4) is 0 Å². The van der Waals surface area contributed by atoms with E-state index in [0.29, 0.717) is 31.4 Å². The van der Waals surface area contributed by atoms with Crippen LogP contribution >= 0.6 is 0 Å². The maximum Gasteiger partial charge on any atom is 0.471 e. The third-order valence-electron chi connectivity index (χ3n) is 11.2. The van der Waals surface area contributed by atoms with Crippen LogP contribution < -0.4 is 15.4 Å². The van der Waals surface area contributed by atoms with Gasteiger partial charge in [-0.25, -0.2) is 13.1 Å². The van der Waals surface area contributed by atoms with Gasteiger partial charge in [-0.1, -0.05) is 54.0 Å². The van der Waals surface area contributed by atoms with Crippen molar-refractivity contribution in [1.29, 1.82) is 0 Å². The fraction of sp³-hybridized carbons (Fsp3) is 0.683. The Kier molecular flexibility index (Phi) is 16.7. The lowest BCUT2D eigenvalue weighted by Crippen LogP contribution is -2.60. The first kappa shape index (κ1) is 49.3. The lowest BCUT2D eigenvalue weighted by molar-refractivity contribution is -0.167. The maximum absolute atomic E-state index is 14.3. The molecule has 2 aliphatic heterocycles. The van der Waals surface area contributed by atoms with Crippen molar-refractivity contribution < 1.29 is 50.3 Å². The molecule has 0 bridgehead atoms. The van der Waals surface area contributed by atoms with E-state index >= 15 is 0 Å². The highest BCUT2D eigenvalue weighted by atomic mass is 32.2. The molecule has 0 unspecified atom stereocenters. The highest BCUT2D eigenvalue weighted by Gasteiger charge is 2.43. The molecule has 6 atom stereocenters. The van der Waals surface area contributed by atoms with Gasteiger partial charge in [-0.3, -0.25) is 28.9 Å². The van der Waals surface area contributed by atoms with Crippen LogP contribution in [0.25, 0.3) is 0 Å². The van der Waals surface area contributed by atoms with E-state index in [0.717, 1.165) is 43.7 Å². The quantitative estimate of drug-likeness (QED) is 0.208. The minimum absolute atomic E-state index is 0.126. The van der Waals surface area contributed by atoms with Crippen LogP contribution in [0.1, 0.15) is 94.4 Å². The Balaban J connectivity index is 1.77. The second-order valence-corrected chi connectivity index (χ2v) is 19.0. The van der Waals surface area contributed by atoms with E-state index in [1.54, 1.807) is 35.2 Å². The van der Waals surface area contributed by atoms with Crippen molar-refractivity contribution in [3.63, 3.8) is 0 Å². The molecule has 2 saturated heterocycles. The summed E-state index contributed by atoms with van der Waals surface area (Å²) in [6.07, 6.45) is -0.627. The number of hydrogen-bond acceptors (Lipinski definition) is 9. The van der Waals surface area contributed by atoms with Crippen molar-refractivity contribution in [2.24, 2.45) is 17.3 Å². The largest absolute Gasteiger partial charge is 0.471 e. The Labute approximate surface area is 347 Å². The van der Waals surface area contributed by atoms with E-state index in [1.165, 1.54) is 14.0 Å². The molecule has 0 saturated carbocycles. The highest BCUT2D eigenvalue weighted by Crippen LogP contribution is 2.30. The summed E-state index contributed by atoms with van der Waals surface area (Å²) in [6.45, 7) is 18.0. The molecule has 2 fully saturated rings. The van der Waals surface area contributed by atoms with Crippen molar-refractivity contribution in [2.75, 3.05) is 32.6 Å². The van der Waals surface area contributed by atoms with Gasteiger partial charge in [0.15, 0.2) is 0 Å². The average molecular weight is 857 g/mol. The number of benzene rings is 1. The van der Waals surface area contributed by atoms with Crippen LogP contribution in [0.4, 0.5) is 18.9 Å². The summed E-state index contributed by atoms with van der Waals surface area (Å²) < 4.78 is 71.7. The number of ether oxygens (including phenoxy) is 1. The number of likely N-dealkylation sites (tertiary alicyclic amines) is 2. The van der Waals surface area contributed by atoms with Crippen molar-refractivity contribution in [1.82, 2.24) is 24.7 Å². The zero-order valence-electron chi connectivity index (χ0n) is 36.1. The van der Waals surface area contributed by atoms with Crippen LogP contribution in [-0.4, -0.2) is 122 Å². The number of sulfonamides is 1. The Bertz CT molecular complexity index is 1810. The van der Waals surface area contributed by atoms with Gasteiger partial charge in [0, 0.05) is 38.0 Å². The number of piperidine rings is 1. The molecule has 0 radical (unpaired) electrons. The topological polar surface area (TPSA) is 175 Å². The molecule has 0 aromatic heterocycles. The van der Waals surface area contributed by atoms with Crippen molar-refractivity contribution in [3.05, 3.63) is 35.9 Å². The predicted octanol–water partition coefficient (Wildman–Crippen LogP) is 4.86. The zero-order valence-corrected chi connectivity index (χ0v) is 36.9. The molecule has 0 aliphatic carbocycles. The number of rotatable bonds is 15. The number of alkyl halides is 3. The Morgan fingerprint density at radius 3 is 2.07 bits per heavy atom. The molecule has 3 N–H and O–H groups in total. The predicted molar refractivity (Wildman–Crippen MR) is 217 cm³/mol. The van der Waals surface area contributed by atoms with Gasteiger partial charge >= 0.3 is 12.1 Å². The molecule has 5 amide bonds. The van der Waals surface area contributed by atoms with Gasteiger partial charge in [0.1, 0.15) is 6.04 Å². The molecule has 1 aromatic rings. The van der Waals surface area contributed by atoms with E-state index in [4.69, 9.17) is 4.74 Å². The average Bonchev–Trinajstić information content (AvgIpc) is 3.63. The summed E-state index contributed by atoms with van der Waals surface area (Å²) in [5.74, 6) is -5.17. The fourth-order valence-electron chi connectivity index (χ4n) is 7.83. The van der Waals surface area contributed by atoms with Crippen LogP contribution in [0.2, 0.25) is 0 Å². The summed E-state index contributed by atoms with van der Waals surface area (Å²) in [4.78, 5) is 71.7. The van der Waals surface area contributed by atoms with Gasteiger partial charge in [0.2, 0.25) is 23.6 Å². The summed E-state index contributed by atoms with van der Waals surface area (Å²) in [5, 5.41) is 4.71. The van der Waals surface area contributed by atoms with Crippen molar-refractivity contribution in [2.45, 2.75) is 142 Å². The second-order valence-electron chi connectivity index (χ2n) is 17.3. The molecular weight excluding hydrogens is 794 g/mol. The summed E-state index contributed by atoms with van der Waals surface area (Å²) in [6, 6.07) is 1.66. The van der Waals surface area contributed by atoms with Crippen LogP contribution in [0.5, 0.6) is 0 Å². The SMILES string of the molecule is CO[C@H]([C@@H](C)C(=O)NS(=O)(=O)c1ccc(NC(=O)C(F)(F)F)cc1)[C@@H]1CCCN1C(=O)C(C)=C[C@H](C(C)C)N(C)C(=O)[C@@H](NC(=O)[C@@H]1CCCCN1C(C)C)C(C)(C)C. The summed E-state index contributed by atoms with van der Waals surface area (Å²) >= 11 is 0. The number of anilines is 1. The molecule has 1 aromatic carbocycles. The monoisotopic (exact) mass is 856 g/mol. The number of nitrogens with zero attached hydrogens (tertiary/aromatic N) is 3. The highest BCUT2D eigenvalue weighted by molar-refractivity contribution is 7.90. The fourth-order valence-corrected chi connectivity index (χ4v) is 8.89. The summed E-state index contributed by atoms with van der Waals surface area (Å²) in [5.41, 5.74) is -0.576. The van der Waals surface area contributed by atoms with Crippen LogP contribution in [-0.2, 0) is 38.7 Å². The normalized spacial score (nSPS) is 20.5. The number of amides is 5. The van der Waals surface area contributed by atoms with Crippen LogP contribution in [0.15, 0.2) is 40.8 Å². The van der Waals surface area contributed by atoms with Gasteiger partial charge in [-0.2, -0.15) is 13.2 Å². The maximum atomic E-state index is 14.3. The van der Waals surface area contributed by atoms with E-state index in [1.807, 2.05) is 39.3 Å². The van der Waals surface area contributed by atoms with Gasteiger partial charge in [0.05, 0.1) is 35.0 Å². The molecule has 2 heterocycles. The lowest BCUT2D eigenvalue weighted by Gasteiger charge is -2.41. The van der Waals surface area contributed by atoms with Crippen molar-refractivity contribution >= 4 is 45.2 Å². The number of carbonyl (C=O) groups excluding carboxylic acids is 5. The smallest absolute Gasteiger partial charge is 0.378 e. The standard InChI is InChI=1S/C41H63F3N6O8S/c1-24(2)32(48(10)38(54)34(40(7,8)9)46-36(52)31-15-12-13-21-49(31)25(3)4)23-26(5)37(53)50-22-14-16-30(50)33(58-11)27(6)35(51)47-59(56,57)29-19-17-28(18-20-29)45-39(55)41(42,43)44/h17-20,23-25,27,30-34H,12-16,21-22H2,1-11H3,(H,45,55)(H,46,52)(H,47,51)/t27-,30+,31+,32-,33-,34-/m1/s1. The lowest BCUT2D eigenvalue weighted by atomic mass is 9.84. The van der Waals surface area contributed by atoms with Gasteiger partial charge in [-0.05, 0) is 88.6 Å². The number of likely N-dealkylation sites (N-methyl/N-ethyl adjacent to an activating group) is 1. The molecule has 332 valence electrons. The Hall–Kier alpha value is -4.03. The van der Waals surface area contributed by atoms with Crippen LogP contribution in [0, 0.1) is 17.3 Å². The number of nitrogens with one attached hydrogen (secondary N) is 3. The van der Waals surface area contributed by atoms with E-state index in [9.17, 15) is 45.6 Å². The molecule has 3 rings (SSSR count). The van der Waals surface area contributed by atoms with Crippen molar-refractivity contribution in [3.8, 4) is 0 Å². The Morgan fingerprint density at radius 2 is 1.54 bits per heavy atom. The molecule has 0 spiro atoms. The number of carbonyl (C=O) groups is 5. The minimum Gasteiger partial charge on any atom is -0.378 e. The number of methoxy groups -OCH3 is 1. The first-order valence-corrected chi connectivity index (χ1v) is 21.6. The summed E-state index contributed by atoms with van der Waals surface area (Å²) in [7, 11) is -1.47. The molecule has 14 nitrogen and oxygen atoms in total. The Morgan fingerprint density at radius 1 is 0.932 bits per heavy atom. The van der Waals surface area contributed by atoms with E-state index in [2.05, 4.69) is 24.1 Å². The van der Waals surface area contributed by atoms with E-state index in [-0.39, 0.29) is 41.4 Å². The first-order valence-electron chi connectivity index (χ1n) is 20.1. The molecule has 18 heteroatoms. The van der Waals surface area contributed by atoms with Gasteiger partial charge in [-0.15, -0.1) is 0 Å². The van der Waals surface area contributed by atoms with Gasteiger partial charge in [0.25, 0.3) is 10.0 Å². The van der Waals surface area contributed by atoms with Gasteiger partial charge < -0.3 is 25.2 Å². The minimum atomic E-state index is -5.14. The molecular formula is C41H63F3N6O8S. The number of hydrogen-bond donors (Lipinski definition) is 3. The zero-order chi connectivity index (χ0) is 44.8. The number of halogens is 3. The first-order chi connectivity index (χ1) is 27.2. The third-order valence-corrected chi connectivity index (χ3v) is 12.5. The second kappa shape index (κ2) is 20.0.